The molecule has 0 radical (unpaired) electrons. The first-order valence-electron chi connectivity index (χ1n) is 5.97. The molecule has 1 atom stereocenters. The zero-order valence-electron chi connectivity index (χ0n) is 10.8. The van der Waals surface area contributed by atoms with Crippen molar-refractivity contribution in [2.75, 3.05) is 6.61 Å². The molecule has 0 saturated heterocycles. The molecule has 2 N–H and O–H groups in total. The van der Waals surface area contributed by atoms with Crippen LogP contribution in [0.4, 0.5) is 0 Å². The van der Waals surface area contributed by atoms with Gasteiger partial charge in [-0.3, -0.25) is 0 Å². The fourth-order valence-electron chi connectivity index (χ4n) is 1.97. The first-order valence-corrected chi connectivity index (χ1v) is 5.97. The van der Waals surface area contributed by atoms with Crippen LogP contribution in [0.15, 0.2) is 12.1 Å². The highest BCUT2D eigenvalue weighted by Gasteiger charge is 2.04. The normalized spacial score (nSPS) is 12.6. The van der Waals surface area contributed by atoms with Crippen molar-refractivity contribution in [1.82, 2.24) is 0 Å². The van der Waals surface area contributed by atoms with Gasteiger partial charge in [-0.05, 0) is 51.7 Å². The number of aryl methyl sites for hydroxylation is 3. The van der Waals surface area contributed by atoms with Crippen LogP contribution in [-0.4, -0.2) is 12.6 Å². The SMILES string of the molecule is Cc1cc(C)c(OCCCC(C)N)c(C)c1. The van der Waals surface area contributed by atoms with Crippen LogP contribution in [-0.2, 0) is 0 Å². The lowest BCUT2D eigenvalue weighted by Crippen LogP contribution is -2.15. The summed E-state index contributed by atoms with van der Waals surface area (Å²) < 4.78 is 5.82. The maximum atomic E-state index is 5.82. The van der Waals surface area contributed by atoms with Gasteiger partial charge in [-0.1, -0.05) is 17.7 Å². The molecule has 0 amide bonds. The van der Waals surface area contributed by atoms with Crippen molar-refractivity contribution in [3.63, 3.8) is 0 Å². The minimum Gasteiger partial charge on any atom is -0.493 e. The Morgan fingerprint density at radius 1 is 1.19 bits per heavy atom. The van der Waals surface area contributed by atoms with Gasteiger partial charge in [0.1, 0.15) is 5.75 Å². The predicted molar refractivity (Wildman–Crippen MR) is 69.0 cm³/mol. The van der Waals surface area contributed by atoms with Crippen LogP contribution < -0.4 is 10.5 Å². The quantitative estimate of drug-likeness (QED) is 0.775. The smallest absolute Gasteiger partial charge is 0.125 e. The molecule has 0 spiro atoms. The number of hydrogen-bond acceptors (Lipinski definition) is 2. The van der Waals surface area contributed by atoms with Gasteiger partial charge in [-0.2, -0.15) is 0 Å². The Hall–Kier alpha value is -1.02. The molecule has 0 heterocycles. The summed E-state index contributed by atoms with van der Waals surface area (Å²) in [6, 6.07) is 4.59. The summed E-state index contributed by atoms with van der Waals surface area (Å²) in [5.74, 6) is 1.04. The van der Waals surface area contributed by atoms with E-state index in [1.165, 1.54) is 16.7 Å². The third-order valence-corrected chi connectivity index (χ3v) is 2.65. The molecule has 1 rings (SSSR count). The van der Waals surface area contributed by atoms with E-state index in [2.05, 4.69) is 32.9 Å². The third kappa shape index (κ3) is 3.86. The maximum absolute atomic E-state index is 5.82. The summed E-state index contributed by atoms with van der Waals surface area (Å²) in [4.78, 5) is 0. The van der Waals surface area contributed by atoms with E-state index >= 15 is 0 Å². The zero-order valence-corrected chi connectivity index (χ0v) is 10.8. The van der Waals surface area contributed by atoms with Gasteiger partial charge in [-0.15, -0.1) is 0 Å². The van der Waals surface area contributed by atoms with Crippen molar-refractivity contribution >= 4 is 0 Å². The van der Waals surface area contributed by atoms with E-state index in [0.29, 0.717) is 0 Å². The van der Waals surface area contributed by atoms with E-state index < -0.39 is 0 Å². The first kappa shape index (κ1) is 13.0. The Kier molecular flexibility index (Phi) is 4.81. The number of hydrogen-bond donors (Lipinski definition) is 1. The molecular weight excluding hydrogens is 198 g/mol. The highest BCUT2D eigenvalue weighted by Crippen LogP contribution is 2.24. The molecule has 1 unspecified atom stereocenters. The molecule has 0 aliphatic heterocycles. The third-order valence-electron chi connectivity index (χ3n) is 2.65. The van der Waals surface area contributed by atoms with Crippen LogP contribution in [0.25, 0.3) is 0 Å². The minimum absolute atomic E-state index is 0.267. The Balaban J connectivity index is 2.54. The van der Waals surface area contributed by atoms with Crippen molar-refractivity contribution in [2.45, 2.75) is 46.6 Å². The average Bonchev–Trinajstić information content (AvgIpc) is 2.14. The molecule has 0 aliphatic carbocycles. The second-order valence-corrected chi connectivity index (χ2v) is 4.70. The Bertz CT molecular complexity index is 322. The highest BCUT2D eigenvalue weighted by molar-refractivity contribution is 5.42. The molecule has 1 aromatic rings. The lowest BCUT2D eigenvalue weighted by atomic mass is 10.1. The zero-order chi connectivity index (χ0) is 12.1. The van der Waals surface area contributed by atoms with Gasteiger partial charge >= 0.3 is 0 Å². The van der Waals surface area contributed by atoms with Crippen LogP contribution in [0.3, 0.4) is 0 Å². The van der Waals surface area contributed by atoms with Crippen LogP contribution in [0, 0.1) is 20.8 Å². The monoisotopic (exact) mass is 221 g/mol. The number of ether oxygens (including phenoxy) is 1. The fraction of sp³-hybridized carbons (Fsp3) is 0.571. The summed E-state index contributed by atoms with van der Waals surface area (Å²) in [5, 5.41) is 0. The molecule has 0 aromatic heterocycles. The Morgan fingerprint density at radius 2 is 1.75 bits per heavy atom. The molecule has 0 aliphatic rings. The van der Waals surface area contributed by atoms with E-state index in [0.717, 1.165) is 25.2 Å². The van der Waals surface area contributed by atoms with Gasteiger partial charge in [0.25, 0.3) is 0 Å². The summed E-state index contributed by atoms with van der Waals surface area (Å²) in [6.45, 7) is 9.09. The topological polar surface area (TPSA) is 35.2 Å². The van der Waals surface area contributed by atoms with Crippen molar-refractivity contribution in [1.29, 1.82) is 0 Å². The lowest BCUT2D eigenvalue weighted by Gasteiger charge is -2.13. The largest absolute Gasteiger partial charge is 0.493 e. The first-order chi connectivity index (χ1) is 7.50. The number of nitrogens with two attached hydrogens (primary N) is 1. The molecule has 2 nitrogen and oxygen atoms in total. The molecule has 2 heteroatoms. The van der Waals surface area contributed by atoms with Gasteiger partial charge in [0, 0.05) is 6.04 Å². The molecule has 1 aromatic carbocycles. The highest BCUT2D eigenvalue weighted by atomic mass is 16.5. The van der Waals surface area contributed by atoms with E-state index in [1.54, 1.807) is 0 Å². The van der Waals surface area contributed by atoms with E-state index in [-0.39, 0.29) is 6.04 Å². The molecular formula is C14H23NO. The van der Waals surface area contributed by atoms with Crippen LogP contribution >= 0.6 is 0 Å². The molecule has 90 valence electrons. The van der Waals surface area contributed by atoms with Crippen LogP contribution in [0.5, 0.6) is 5.75 Å². The van der Waals surface area contributed by atoms with Crippen molar-refractivity contribution in [3.8, 4) is 5.75 Å². The van der Waals surface area contributed by atoms with Gasteiger partial charge < -0.3 is 10.5 Å². The van der Waals surface area contributed by atoms with E-state index in [9.17, 15) is 0 Å². The van der Waals surface area contributed by atoms with Crippen LogP contribution in [0.1, 0.15) is 36.5 Å². The van der Waals surface area contributed by atoms with Crippen molar-refractivity contribution < 1.29 is 4.74 Å². The summed E-state index contributed by atoms with van der Waals surface area (Å²) in [5.41, 5.74) is 9.43. The van der Waals surface area contributed by atoms with E-state index in [4.69, 9.17) is 10.5 Å². The lowest BCUT2D eigenvalue weighted by molar-refractivity contribution is 0.299. The number of benzene rings is 1. The predicted octanol–water partition coefficient (Wildman–Crippen LogP) is 3.12. The standard InChI is InChI=1S/C14H23NO/c1-10-8-11(2)14(12(3)9-10)16-7-5-6-13(4)15/h8-9,13H,5-7,15H2,1-4H3. The second-order valence-electron chi connectivity index (χ2n) is 4.70. The molecule has 0 fully saturated rings. The Labute approximate surface area is 98.8 Å². The number of rotatable bonds is 5. The molecule has 0 bridgehead atoms. The molecule has 16 heavy (non-hydrogen) atoms. The van der Waals surface area contributed by atoms with Crippen molar-refractivity contribution in [3.05, 3.63) is 28.8 Å². The van der Waals surface area contributed by atoms with Gasteiger partial charge in [0.2, 0.25) is 0 Å². The second kappa shape index (κ2) is 5.90. The summed E-state index contributed by atoms with van der Waals surface area (Å²) >= 11 is 0. The van der Waals surface area contributed by atoms with Crippen molar-refractivity contribution in [2.24, 2.45) is 5.73 Å². The minimum atomic E-state index is 0.267. The summed E-state index contributed by atoms with van der Waals surface area (Å²) in [7, 11) is 0. The van der Waals surface area contributed by atoms with Gasteiger partial charge in [0.05, 0.1) is 6.61 Å². The van der Waals surface area contributed by atoms with E-state index in [1.807, 2.05) is 6.92 Å². The fourth-order valence-corrected chi connectivity index (χ4v) is 1.97. The van der Waals surface area contributed by atoms with Crippen LogP contribution in [0.2, 0.25) is 0 Å². The molecule has 0 saturated carbocycles. The average molecular weight is 221 g/mol. The maximum Gasteiger partial charge on any atom is 0.125 e. The summed E-state index contributed by atoms with van der Waals surface area (Å²) in [6.07, 6.45) is 2.04. The van der Waals surface area contributed by atoms with Gasteiger partial charge in [0.15, 0.2) is 0 Å². The Morgan fingerprint density at radius 3 is 2.25 bits per heavy atom. The van der Waals surface area contributed by atoms with Gasteiger partial charge in [-0.25, -0.2) is 0 Å².